The Morgan fingerprint density at radius 3 is 2.89 bits per heavy atom. The van der Waals surface area contributed by atoms with Gasteiger partial charge in [0, 0.05) is 19.8 Å². The molecule has 6 heteroatoms. The molecule has 0 amide bonds. The molecule has 1 fully saturated rings. The highest BCUT2D eigenvalue weighted by Gasteiger charge is 2.39. The first-order chi connectivity index (χ1) is 8.58. The quantitative estimate of drug-likeness (QED) is 0.845. The van der Waals surface area contributed by atoms with E-state index in [-0.39, 0.29) is 5.78 Å². The molecule has 0 bridgehead atoms. The van der Waals surface area contributed by atoms with E-state index >= 15 is 0 Å². The van der Waals surface area contributed by atoms with Gasteiger partial charge in [-0.3, -0.25) is 9.48 Å². The van der Waals surface area contributed by atoms with Crippen molar-refractivity contribution in [3.63, 3.8) is 0 Å². The molecule has 0 radical (unpaired) electrons. The monoisotopic (exact) mass is 271 g/mol. The standard InChI is InChI=1S/C12H18ClN3O2/c1-2-5-16-10(9(13)8-15-16)11(17)12(14)3-6-18-7-4-12/h8H,2-7,14H2,1H3. The van der Waals surface area contributed by atoms with Crippen LogP contribution in [0, 0.1) is 0 Å². The number of carbonyl (C=O) groups excluding carboxylic acids is 1. The Hall–Kier alpha value is -0.910. The molecule has 0 aromatic carbocycles. The number of rotatable bonds is 4. The Morgan fingerprint density at radius 2 is 2.28 bits per heavy atom. The lowest BCUT2D eigenvalue weighted by molar-refractivity contribution is 0.0441. The van der Waals surface area contributed by atoms with Gasteiger partial charge in [-0.15, -0.1) is 0 Å². The molecular weight excluding hydrogens is 254 g/mol. The fraction of sp³-hybridized carbons (Fsp3) is 0.667. The van der Waals surface area contributed by atoms with Gasteiger partial charge in [0.05, 0.1) is 16.8 Å². The van der Waals surface area contributed by atoms with Crippen LogP contribution in [0.1, 0.15) is 36.7 Å². The fourth-order valence-electron chi connectivity index (χ4n) is 2.17. The zero-order chi connectivity index (χ0) is 13.2. The number of Topliss-reactive ketones (excluding diaryl/α,β-unsaturated/α-hetero) is 1. The Balaban J connectivity index is 2.29. The molecule has 1 aliphatic rings. The number of hydrogen-bond donors (Lipinski definition) is 1. The molecule has 18 heavy (non-hydrogen) atoms. The third-order valence-electron chi connectivity index (χ3n) is 3.28. The molecule has 0 saturated carbocycles. The average Bonchev–Trinajstić information content (AvgIpc) is 2.71. The van der Waals surface area contributed by atoms with Crippen molar-refractivity contribution in [2.24, 2.45) is 5.73 Å². The van der Waals surface area contributed by atoms with Crippen LogP contribution >= 0.6 is 11.6 Å². The number of carbonyl (C=O) groups is 1. The number of ether oxygens (including phenoxy) is 1. The number of hydrogen-bond acceptors (Lipinski definition) is 4. The predicted molar refractivity (Wildman–Crippen MR) is 68.8 cm³/mol. The van der Waals surface area contributed by atoms with Crippen molar-refractivity contribution in [2.75, 3.05) is 13.2 Å². The van der Waals surface area contributed by atoms with Crippen molar-refractivity contribution in [1.82, 2.24) is 9.78 Å². The first-order valence-electron chi connectivity index (χ1n) is 6.21. The smallest absolute Gasteiger partial charge is 0.202 e. The second kappa shape index (κ2) is 5.38. The van der Waals surface area contributed by atoms with Gasteiger partial charge in [-0.05, 0) is 19.3 Å². The SMILES string of the molecule is CCCn1ncc(Cl)c1C(=O)C1(N)CCOCC1. The highest BCUT2D eigenvalue weighted by molar-refractivity contribution is 6.34. The summed E-state index contributed by atoms with van der Waals surface area (Å²) < 4.78 is 6.90. The number of aryl methyl sites for hydroxylation is 1. The normalized spacial score (nSPS) is 18.8. The van der Waals surface area contributed by atoms with E-state index in [4.69, 9.17) is 22.1 Å². The maximum Gasteiger partial charge on any atom is 0.202 e. The van der Waals surface area contributed by atoms with E-state index in [0.717, 1.165) is 6.42 Å². The third-order valence-corrected chi connectivity index (χ3v) is 3.56. The molecule has 100 valence electrons. The van der Waals surface area contributed by atoms with E-state index in [0.29, 0.717) is 43.3 Å². The third kappa shape index (κ3) is 2.43. The first kappa shape index (κ1) is 13.5. The number of halogens is 1. The van der Waals surface area contributed by atoms with E-state index < -0.39 is 5.54 Å². The summed E-state index contributed by atoms with van der Waals surface area (Å²) in [5, 5.41) is 4.51. The fourth-order valence-corrected chi connectivity index (χ4v) is 2.40. The van der Waals surface area contributed by atoms with Crippen LogP contribution in [-0.4, -0.2) is 34.3 Å². The Bertz CT molecular complexity index is 439. The molecule has 1 aliphatic heterocycles. The molecule has 1 saturated heterocycles. The second-order valence-corrected chi connectivity index (χ2v) is 5.07. The number of aromatic nitrogens is 2. The van der Waals surface area contributed by atoms with Gasteiger partial charge >= 0.3 is 0 Å². The largest absolute Gasteiger partial charge is 0.381 e. The van der Waals surface area contributed by atoms with Crippen LogP contribution in [0.15, 0.2) is 6.20 Å². The molecule has 1 aromatic heterocycles. The summed E-state index contributed by atoms with van der Waals surface area (Å²) in [5.41, 5.74) is 5.76. The number of nitrogens with two attached hydrogens (primary N) is 1. The van der Waals surface area contributed by atoms with Gasteiger partial charge in [0.1, 0.15) is 5.69 Å². The summed E-state index contributed by atoms with van der Waals surface area (Å²) in [6.07, 6.45) is 3.45. The summed E-state index contributed by atoms with van der Waals surface area (Å²) in [4.78, 5) is 12.6. The topological polar surface area (TPSA) is 70.1 Å². The zero-order valence-electron chi connectivity index (χ0n) is 10.5. The van der Waals surface area contributed by atoms with Crippen molar-refractivity contribution < 1.29 is 9.53 Å². The summed E-state index contributed by atoms with van der Waals surface area (Å²) in [5.74, 6) is -0.123. The van der Waals surface area contributed by atoms with E-state index in [1.807, 2.05) is 6.92 Å². The van der Waals surface area contributed by atoms with Crippen molar-refractivity contribution in [3.8, 4) is 0 Å². The van der Waals surface area contributed by atoms with Gasteiger partial charge in [0.15, 0.2) is 0 Å². The van der Waals surface area contributed by atoms with Crippen LogP contribution in [0.2, 0.25) is 5.02 Å². The molecule has 2 heterocycles. The van der Waals surface area contributed by atoms with Gasteiger partial charge in [0.25, 0.3) is 0 Å². The maximum absolute atomic E-state index is 12.6. The molecule has 2 N–H and O–H groups in total. The predicted octanol–water partition coefficient (Wildman–Crippen LogP) is 1.64. The van der Waals surface area contributed by atoms with Crippen LogP contribution in [0.5, 0.6) is 0 Å². The molecule has 2 rings (SSSR count). The molecular formula is C12H18ClN3O2. The molecule has 0 unspecified atom stereocenters. The summed E-state index contributed by atoms with van der Waals surface area (Å²) in [6.45, 7) is 3.72. The summed E-state index contributed by atoms with van der Waals surface area (Å²) in [6, 6.07) is 0. The highest BCUT2D eigenvalue weighted by Crippen LogP contribution is 2.26. The van der Waals surface area contributed by atoms with Gasteiger partial charge in [-0.1, -0.05) is 18.5 Å². The lowest BCUT2D eigenvalue weighted by Crippen LogP contribution is -2.52. The lowest BCUT2D eigenvalue weighted by Gasteiger charge is -2.31. The van der Waals surface area contributed by atoms with Crippen LogP contribution in [-0.2, 0) is 11.3 Å². The van der Waals surface area contributed by atoms with E-state index in [1.165, 1.54) is 6.20 Å². The summed E-state index contributed by atoms with van der Waals surface area (Å²) >= 11 is 6.07. The molecule has 0 aliphatic carbocycles. The molecule has 1 aromatic rings. The highest BCUT2D eigenvalue weighted by atomic mass is 35.5. The van der Waals surface area contributed by atoms with Gasteiger partial charge in [-0.25, -0.2) is 0 Å². The van der Waals surface area contributed by atoms with Gasteiger partial charge in [-0.2, -0.15) is 5.10 Å². The van der Waals surface area contributed by atoms with E-state index in [9.17, 15) is 4.79 Å². The van der Waals surface area contributed by atoms with Crippen molar-refractivity contribution in [3.05, 3.63) is 16.9 Å². The number of ketones is 1. The minimum absolute atomic E-state index is 0.123. The Kier molecular flexibility index (Phi) is 4.04. The van der Waals surface area contributed by atoms with Gasteiger partial charge < -0.3 is 10.5 Å². The van der Waals surface area contributed by atoms with Crippen molar-refractivity contribution in [2.45, 2.75) is 38.3 Å². The molecule has 5 nitrogen and oxygen atoms in total. The van der Waals surface area contributed by atoms with Crippen molar-refractivity contribution >= 4 is 17.4 Å². The summed E-state index contributed by atoms with van der Waals surface area (Å²) in [7, 11) is 0. The van der Waals surface area contributed by atoms with E-state index in [2.05, 4.69) is 5.10 Å². The van der Waals surface area contributed by atoms with Crippen LogP contribution in [0.3, 0.4) is 0 Å². The minimum Gasteiger partial charge on any atom is -0.381 e. The lowest BCUT2D eigenvalue weighted by atomic mass is 9.85. The van der Waals surface area contributed by atoms with Crippen LogP contribution < -0.4 is 5.73 Å². The first-order valence-corrected chi connectivity index (χ1v) is 6.59. The molecule has 0 atom stereocenters. The minimum atomic E-state index is -0.868. The van der Waals surface area contributed by atoms with Crippen LogP contribution in [0.25, 0.3) is 0 Å². The maximum atomic E-state index is 12.6. The average molecular weight is 272 g/mol. The van der Waals surface area contributed by atoms with E-state index in [1.54, 1.807) is 4.68 Å². The second-order valence-electron chi connectivity index (χ2n) is 4.66. The zero-order valence-corrected chi connectivity index (χ0v) is 11.2. The number of nitrogens with zero attached hydrogens (tertiary/aromatic N) is 2. The van der Waals surface area contributed by atoms with Gasteiger partial charge in [0.2, 0.25) is 5.78 Å². The Labute approximate surface area is 111 Å². The van der Waals surface area contributed by atoms with Crippen molar-refractivity contribution in [1.29, 1.82) is 0 Å². The Morgan fingerprint density at radius 1 is 1.61 bits per heavy atom. The molecule has 0 spiro atoms. The van der Waals surface area contributed by atoms with Crippen LogP contribution in [0.4, 0.5) is 0 Å².